The fraction of sp³-hybridized carbons (Fsp3) is 0. The van der Waals surface area contributed by atoms with E-state index in [0.717, 1.165) is 0 Å². The van der Waals surface area contributed by atoms with Gasteiger partial charge < -0.3 is 0 Å². The molecule has 0 saturated heterocycles. The first-order valence-corrected chi connectivity index (χ1v) is 11.7. The molecule has 14 nitrogen and oxygen atoms in total. The van der Waals surface area contributed by atoms with Gasteiger partial charge >= 0.3 is 6.75 Å². The quantitative estimate of drug-likeness (QED) is 0.206. The van der Waals surface area contributed by atoms with Gasteiger partial charge in [0.2, 0.25) is 0 Å². The fourth-order valence-electron chi connectivity index (χ4n) is 0.345. The molecule has 0 aromatic heterocycles. The van der Waals surface area contributed by atoms with Crippen LogP contribution in [0.5, 0.6) is 0 Å². The fourth-order valence-corrected chi connectivity index (χ4v) is 10.2. The molecule has 19 heavy (non-hydrogen) atoms. The van der Waals surface area contributed by atoms with Crippen LogP contribution in [0.3, 0.4) is 0 Å². The standard InChI is InChI=1S/H3O14P5/c1-6-8-10-11-12-14-19(5,16-4)18(15-3)17-13-9-7-2/h1-2,17H. The summed E-state index contributed by atoms with van der Waals surface area (Å²) >= 11 is 0. The minimum atomic E-state index is -4.16. The van der Waals surface area contributed by atoms with E-state index in [1.807, 2.05) is 0 Å². The molecule has 0 saturated carbocycles. The van der Waals surface area contributed by atoms with E-state index in [-0.39, 0.29) is 0 Å². The van der Waals surface area contributed by atoms with Crippen LogP contribution in [0.2, 0.25) is 0 Å². The Hall–Kier alpha value is 0.850. The Morgan fingerprint density at radius 1 is 1.00 bits per heavy atom. The van der Waals surface area contributed by atoms with E-state index in [1.54, 1.807) is 0 Å². The van der Waals surface area contributed by atoms with Crippen LogP contribution in [0.1, 0.15) is 0 Å². The Morgan fingerprint density at radius 3 is 2.16 bits per heavy atom. The largest absolute Gasteiger partial charge is 0.357 e. The smallest absolute Gasteiger partial charge is 0.271 e. The highest BCUT2D eigenvalue weighted by molar-refractivity contribution is 8.85. The van der Waals surface area contributed by atoms with Crippen LogP contribution in [0.15, 0.2) is 0 Å². The van der Waals surface area contributed by atoms with Crippen molar-refractivity contribution in [3.63, 3.8) is 0 Å². The summed E-state index contributed by atoms with van der Waals surface area (Å²) in [6.45, 7) is -6.37. The van der Waals surface area contributed by atoms with E-state index in [9.17, 15) is 13.7 Å². The lowest BCUT2D eigenvalue weighted by atomic mass is 14.1. The third-order valence-corrected chi connectivity index (χ3v) is 18.3. The molecule has 3 atom stereocenters. The molecule has 112 valence electrons. The molecule has 0 aliphatic rings. The molecule has 0 spiro atoms. The third-order valence-electron chi connectivity index (χ3n) is 0.845. The van der Waals surface area contributed by atoms with Gasteiger partial charge in [-0.15, -0.1) is 4.67 Å². The summed E-state index contributed by atoms with van der Waals surface area (Å²) in [6.07, 6.45) is 0. The summed E-state index contributed by atoms with van der Waals surface area (Å²) in [7, 11) is -2.78. The third kappa shape index (κ3) is 8.67. The van der Waals surface area contributed by atoms with Gasteiger partial charge in [-0.25, -0.2) is 10.5 Å². The van der Waals surface area contributed by atoms with E-state index in [2.05, 4.69) is 44.6 Å². The van der Waals surface area contributed by atoms with Crippen LogP contribution in [0, 0.1) is 0 Å². The molecule has 2 N–H and O–H groups in total. The predicted molar refractivity (Wildman–Crippen MR) is 53.1 cm³/mol. The van der Waals surface area contributed by atoms with Crippen molar-refractivity contribution in [1.29, 1.82) is 0 Å². The molecule has 19 heteroatoms. The van der Waals surface area contributed by atoms with E-state index in [4.69, 9.17) is 10.5 Å². The van der Waals surface area contributed by atoms with E-state index in [0.29, 0.717) is 0 Å². The van der Waals surface area contributed by atoms with Crippen molar-refractivity contribution < 1.29 is 68.8 Å². The first kappa shape index (κ1) is 19.9. The molecule has 0 heterocycles. The maximum Gasteiger partial charge on any atom is 0.357 e. The average Bonchev–Trinajstić information content (AvgIpc) is 2.43. The van der Waals surface area contributed by atoms with Gasteiger partial charge in [0, 0.05) is 0 Å². The highest BCUT2D eigenvalue weighted by Gasteiger charge is 2.40. The number of rotatable bonds is 13. The van der Waals surface area contributed by atoms with Crippen molar-refractivity contribution in [1.82, 2.24) is 0 Å². The zero-order valence-corrected chi connectivity index (χ0v) is 12.7. The summed E-state index contributed by atoms with van der Waals surface area (Å²) in [4.78, 5) is 0. The first-order valence-electron chi connectivity index (χ1n) is 3.29. The van der Waals surface area contributed by atoms with Crippen LogP contribution in [-0.4, -0.2) is 10.5 Å². The second-order valence-corrected chi connectivity index (χ2v) is 16.6. The number of hydrogen-bond donors (Lipinski definition) is 2. The van der Waals surface area contributed by atoms with E-state index in [1.165, 1.54) is 0 Å². The Labute approximate surface area is 108 Å². The minimum Gasteiger partial charge on any atom is -0.271 e. The molecule has 0 aliphatic heterocycles. The normalized spacial score (nSPS) is 17.2. The van der Waals surface area contributed by atoms with Crippen molar-refractivity contribution >= 4 is 38.5 Å². The SMILES string of the molecule is O=PP(POOOO)P(=O)(OOOOOOO)P=O. The van der Waals surface area contributed by atoms with Gasteiger partial charge in [-0.3, -0.25) is 13.7 Å². The average molecular weight is 382 g/mol. The van der Waals surface area contributed by atoms with Crippen molar-refractivity contribution in [3.05, 3.63) is 0 Å². The summed E-state index contributed by atoms with van der Waals surface area (Å²) in [5, 5.41) is 38.7. The number of hydrogen-bond acceptors (Lipinski definition) is 14. The van der Waals surface area contributed by atoms with Gasteiger partial charge in [-0.2, -0.15) is 4.67 Å². The molecule has 0 aliphatic carbocycles. The molecule has 0 radical (unpaired) electrons. The summed E-state index contributed by atoms with van der Waals surface area (Å²) in [6, 6.07) is 0. The second kappa shape index (κ2) is 12.6. The van der Waals surface area contributed by atoms with Crippen LogP contribution < -0.4 is 0 Å². The van der Waals surface area contributed by atoms with Gasteiger partial charge in [0.15, 0.2) is 8.15 Å². The van der Waals surface area contributed by atoms with Gasteiger partial charge in [0.25, 0.3) is 8.15 Å². The zero-order valence-electron chi connectivity index (χ0n) is 8.08. The van der Waals surface area contributed by atoms with Crippen molar-refractivity contribution in [2.75, 3.05) is 0 Å². The summed E-state index contributed by atoms with van der Waals surface area (Å²) < 4.78 is 41.4. The minimum absolute atomic E-state index is 0.757. The maximum absolute atomic E-state index is 11.8. The first-order chi connectivity index (χ1) is 9.14. The lowest BCUT2D eigenvalue weighted by Gasteiger charge is -2.11. The highest BCUT2D eigenvalue weighted by atomic mass is 32.9. The highest BCUT2D eigenvalue weighted by Crippen LogP contribution is 2.95. The van der Waals surface area contributed by atoms with Crippen LogP contribution in [0.25, 0.3) is 0 Å². The maximum atomic E-state index is 11.8. The molecular formula is H3O14P5. The lowest BCUT2D eigenvalue weighted by Crippen LogP contribution is -1.96. The van der Waals surface area contributed by atoms with Crippen molar-refractivity contribution in [3.8, 4) is 0 Å². The van der Waals surface area contributed by atoms with Crippen LogP contribution in [0.4, 0.5) is 0 Å². The Balaban J connectivity index is 4.25. The summed E-state index contributed by atoms with van der Waals surface area (Å²) in [5.74, 6) is 0. The molecule has 0 fully saturated rings. The van der Waals surface area contributed by atoms with Crippen molar-refractivity contribution in [2.45, 2.75) is 0 Å². The molecule has 0 aromatic rings. The van der Waals surface area contributed by atoms with Gasteiger partial charge in [0.1, 0.15) is 15.5 Å². The predicted octanol–water partition coefficient (Wildman–Crippen LogP) is 3.08. The topological polar surface area (TPSA) is 175 Å². The molecule has 0 bridgehead atoms. The monoisotopic (exact) mass is 382 g/mol. The lowest BCUT2D eigenvalue weighted by molar-refractivity contribution is -0.779. The van der Waals surface area contributed by atoms with E-state index >= 15 is 0 Å². The van der Waals surface area contributed by atoms with Gasteiger partial charge in [-0.1, -0.05) is 0 Å². The second-order valence-electron chi connectivity index (χ2n) is 1.68. The van der Waals surface area contributed by atoms with Gasteiger partial charge in [-0.05, 0) is 35.3 Å². The van der Waals surface area contributed by atoms with Crippen LogP contribution in [-0.2, 0) is 58.3 Å². The molecule has 0 rings (SSSR count). The Morgan fingerprint density at radius 2 is 1.63 bits per heavy atom. The van der Waals surface area contributed by atoms with E-state index < -0.39 is 38.5 Å². The molecule has 0 amide bonds. The Bertz CT molecular complexity index is 288. The molecule has 3 unspecified atom stereocenters. The van der Waals surface area contributed by atoms with Crippen LogP contribution >= 0.6 is 38.5 Å². The summed E-state index contributed by atoms with van der Waals surface area (Å²) in [5.41, 5.74) is 0. The molecular weight excluding hydrogens is 379 g/mol. The van der Waals surface area contributed by atoms with Crippen molar-refractivity contribution in [2.24, 2.45) is 0 Å². The molecule has 0 aromatic carbocycles. The van der Waals surface area contributed by atoms with Gasteiger partial charge in [0.05, 0.1) is 0 Å². The Kier molecular flexibility index (Phi) is 13.1. The zero-order chi connectivity index (χ0) is 14.6.